The number of rotatable bonds is 6. The van der Waals surface area contributed by atoms with Gasteiger partial charge in [0.25, 0.3) is 0 Å². The van der Waals surface area contributed by atoms with Crippen molar-refractivity contribution < 1.29 is 9.13 Å². The van der Waals surface area contributed by atoms with E-state index in [-0.39, 0.29) is 11.9 Å². The Morgan fingerprint density at radius 1 is 1.47 bits per heavy atom. The van der Waals surface area contributed by atoms with E-state index in [2.05, 4.69) is 0 Å². The van der Waals surface area contributed by atoms with Crippen LogP contribution in [0.1, 0.15) is 12.5 Å². The van der Waals surface area contributed by atoms with E-state index in [0.717, 1.165) is 12.2 Å². The van der Waals surface area contributed by atoms with Gasteiger partial charge in [-0.2, -0.15) is 0 Å². The number of hydrogen-bond acceptors (Lipinski definition) is 3. The van der Waals surface area contributed by atoms with E-state index in [1.54, 1.807) is 13.2 Å². The van der Waals surface area contributed by atoms with Crippen LogP contribution in [0.25, 0.3) is 0 Å². The van der Waals surface area contributed by atoms with E-state index in [0.29, 0.717) is 18.6 Å². The molecule has 3 nitrogen and oxygen atoms in total. The first-order valence-corrected chi connectivity index (χ1v) is 5.79. The molecule has 0 aromatic heterocycles. The lowest BCUT2D eigenvalue weighted by molar-refractivity contribution is 0.206. The standard InChI is InChI=1S/C13H21FN2O/c1-10(15)9-11-12(14)5-4-6-13(11)16(2)7-8-17-3/h4-6,10H,7-9,15H2,1-3H3. The highest BCUT2D eigenvalue weighted by Crippen LogP contribution is 2.23. The lowest BCUT2D eigenvalue weighted by Gasteiger charge is -2.23. The van der Waals surface area contributed by atoms with Crippen LogP contribution in [-0.2, 0) is 11.2 Å². The molecule has 0 spiro atoms. The van der Waals surface area contributed by atoms with Gasteiger partial charge in [-0.25, -0.2) is 4.39 Å². The van der Waals surface area contributed by atoms with Gasteiger partial charge in [0.05, 0.1) is 6.61 Å². The Morgan fingerprint density at radius 2 is 2.18 bits per heavy atom. The normalized spacial score (nSPS) is 12.5. The molecule has 96 valence electrons. The lowest BCUT2D eigenvalue weighted by atomic mass is 10.0. The predicted molar refractivity (Wildman–Crippen MR) is 68.9 cm³/mol. The van der Waals surface area contributed by atoms with Crippen molar-refractivity contribution in [2.45, 2.75) is 19.4 Å². The number of nitrogens with zero attached hydrogens (tertiary/aromatic N) is 1. The Kier molecular flexibility index (Phi) is 5.38. The third kappa shape index (κ3) is 3.98. The monoisotopic (exact) mass is 240 g/mol. The molecule has 0 fully saturated rings. The smallest absolute Gasteiger partial charge is 0.128 e. The second-order valence-electron chi connectivity index (χ2n) is 4.33. The van der Waals surface area contributed by atoms with Gasteiger partial charge < -0.3 is 15.4 Å². The summed E-state index contributed by atoms with van der Waals surface area (Å²) in [5.74, 6) is -0.191. The van der Waals surface area contributed by atoms with Crippen molar-refractivity contribution in [2.24, 2.45) is 5.73 Å². The van der Waals surface area contributed by atoms with Gasteiger partial charge in [0.2, 0.25) is 0 Å². The number of hydrogen-bond donors (Lipinski definition) is 1. The van der Waals surface area contributed by atoms with Crippen molar-refractivity contribution in [2.75, 3.05) is 32.2 Å². The summed E-state index contributed by atoms with van der Waals surface area (Å²) < 4.78 is 18.8. The zero-order chi connectivity index (χ0) is 12.8. The van der Waals surface area contributed by atoms with E-state index in [1.165, 1.54) is 6.07 Å². The van der Waals surface area contributed by atoms with Gasteiger partial charge in [0.15, 0.2) is 0 Å². The fourth-order valence-electron chi connectivity index (χ4n) is 1.78. The molecular formula is C13H21FN2O. The zero-order valence-corrected chi connectivity index (χ0v) is 10.7. The van der Waals surface area contributed by atoms with Crippen molar-refractivity contribution in [1.82, 2.24) is 0 Å². The predicted octanol–water partition coefficient (Wildman–Crippen LogP) is 1.80. The van der Waals surface area contributed by atoms with Crippen LogP contribution in [0.5, 0.6) is 0 Å². The third-order valence-electron chi connectivity index (χ3n) is 2.66. The van der Waals surface area contributed by atoms with Crippen LogP contribution >= 0.6 is 0 Å². The minimum atomic E-state index is -0.191. The second kappa shape index (κ2) is 6.57. The number of anilines is 1. The quantitative estimate of drug-likeness (QED) is 0.824. The summed E-state index contributed by atoms with van der Waals surface area (Å²) in [6.45, 7) is 3.22. The highest BCUT2D eigenvalue weighted by Gasteiger charge is 2.13. The molecule has 1 aromatic carbocycles. The molecule has 1 rings (SSSR count). The molecule has 1 atom stereocenters. The number of likely N-dealkylation sites (N-methyl/N-ethyl adjacent to an activating group) is 1. The van der Waals surface area contributed by atoms with Crippen molar-refractivity contribution in [3.63, 3.8) is 0 Å². The number of benzene rings is 1. The van der Waals surface area contributed by atoms with Crippen LogP contribution in [-0.4, -0.2) is 33.4 Å². The van der Waals surface area contributed by atoms with Crippen molar-refractivity contribution in [3.8, 4) is 0 Å². The van der Waals surface area contributed by atoms with Crippen LogP contribution < -0.4 is 10.6 Å². The molecule has 0 bridgehead atoms. The first-order chi connectivity index (χ1) is 8.06. The average Bonchev–Trinajstić information content (AvgIpc) is 2.28. The van der Waals surface area contributed by atoms with E-state index in [4.69, 9.17) is 10.5 Å². The van der Waals surface area contributed by atoms with E-state index in [1.807, 2.05) is 24.9 Å². The maximum atomic E-state index is 13.8. The van der Waals surface area contributed by atoms with Crippen molar-refractivity contribution in [3.05, 3.63) is 29.6 Å². The Balaban J connectivity index is 2.92. The summed E-state index contributed by atoms with van der Waals surface area (Å²) in [5.41, 5.74) is 7.32. The van der Waals surface area contributed by atoms with Gasteiger partial charge >= 0.3 is 0 Å². The molecule has 4 heteroatoms. The minimum absolute atomic E-state index is 0.0542. The summed E-state index contributed by atoms with van der Waals surface area (Å²) in [5, 5.41) is 0. The highest BCUT2D eigenvalue weighted by atomic mass is 19.1. The summed E-state index contributed by atoms with van der Waals surface area (Å²) in [6, 6.07) is 5.06. The van der Waals surface area contributed by atoms with Gasteiger partial charge in [-0.15, -0.1) is 0 Å². The summed E-state index contributed by atoms with van der Waals surface area (Å²) in [6.07, 6.45) is 0.541. The maximum Gasteiger partial charge on any atom is 0.128 e. The van der Waals surface area contributed by atoms with E-state index in [9.17, 15) is 4.39 Å². The SMILES string of the molecule is COCCN(C)c1cccc(F)c1CC(C)N. The number of halogens is 1. The van der Waals surface area contributed by atoms with Crippen LogP contribution in [0.15, 0.2) is 18.2 Å². The molecule has 1 aromatic rings. The van der Waals surface area contributed by atoms with Crippen LogP contribution in [0.3, 0.4) is 0 Å². The number of ether oxygens (including phenoxy) is 1. The van der Waals surface area contributed by atoms with Crippen molar-refractivity contribution in [1.29, 1.82) is 0 Å². The van der Waals surface area contributed by atoms with Crippen LogP contribution in [0.2, 0.25) is 0 Å². The Morgan fingerprint density at radius 3 is 2.76 bits per heavy atom. The molecule has 1 unspecified atom stereocenters. The molecule has 0 aliphatic carbocycles. The summed E-state index contributed by atoms with van der Waals surface area (Å²) in [7, 11) is 3.58. The molecule has 0 aliphatic heterocycles. The molecule has 0 amide bonds. The number of methoxy groups -OCH3 is 1. The fourth-order valence-corrected chi connectivity index (χ4v) is 1.78. The minimum Gasteiger partial charge on any atom is -0.383 e. The maximum absolute atomic E-state index is 13.8. The molecule has 0 saturated heterocycles. The molecule has 0 radical (unpaired) electrons. The molecule has 0 heterocycles. The first kappa shape index (κ1) is 13.9. The van der Waals surface area contributed by atoms with Crippen LogP contribution in [0, 0.1) is 5.82 Å². The molecule has 0 aliphatic rings. The van der Waals surface area contributed by atoms with Gasteiger partial charge in [-0.05, 0) is 25.5 Å². The fraction of sp³-hybridized carbons (Fsp3) is 0.538. The van der Waals surface area contributed by atoms with Crippen molar-refractivity contribution >= 4 is 5.69 Å². The third-order valence-corrected chi connectivity index (χ3v) is 2.66. The Bertz CT molecular complexity index is 355. The van der Waals surface area contributed by atoms with Gasteiger partial charge in [-0.1, -0.05) is 6.07 Å². The summed E-state index contributed by atoms with van der Waals surface area (Å²) >= 11 is 0. The largest absolute Gasteiger partial charge is 0.383 e. The van der Waals surface area contributed by atoms with Crippen LogP contribution in [0.4, 0.5) is 10.1 Å². The molecule has 0 saturated carbocycles. The molecule has 2 N–H and O–H groups in total. The van der Waals surface area contributed by atoms with Gasteiger partial charge in [-0.3, -0.25) is 0 Å². The molecular weight excluding hydrogens is 219 g/mol. The first-order valence-electron chi connectivity index (χ1n) is 5.79. The number of nitrogens with two attached hydrogens (primary N) is 1. The van der Waals surface area contributed by atoms with Gasteiger partial charge in [0.1, 0.15) is 5.82 Å². The zero-order valence-electron chi connectivity index (χ0n) is 10.7. The molecule has 17 heavy (non-hydrogen) atoms. The second-order valence-corrected chi connectivity index (χ2v) is 4.33. The average molecular weight is 240 g/mol. The highest BCUT2D eigenvalue weighted by molar-refractivity contribution is 5.54. The summed E-state index contributed by atoms with van der Waals surface area (Å²) in [4.78, 5) is 1.99. The van der Waals surface area contributed by atoms with E-state index >= 15 is 0 Å². The van der Waals surface area contributed by atoms with E-state index < -0.39 is 0 Å². The Hall–Kier alpha value is -1.13. The Labute approximate surface area is 102 Å². The topological polar surface area (TPSA) is 38.5 Å². The van der Waals surface area contributed by atoms with Gasteiger partial charge in [0, 0.05) is 38.0 Å². The lowest BCUT2D eigenvalue weighted by Crippen LogP contribution is -2.26.